The summed E-state index contributed by atoms with van der Waals surface area (Å²) >= 11 is 0. The molecular weight excluding hydrogens is 308 g/mol. The second-order valence-corrected chi connectivity index (χ2v) is 8.65. The molecule has 1 spiro atoms. The minimum Gasteiger partial charge on any atom is -0.349 e. The van der Waals surface area contributed by atoms with Crippen LogP contribution in [0.1, 0.15) is 76.0 Å². The van der Waals surface area contributed by atoms with E-state index in [-0.39, 0.29) is 17.4 Å². The highest BCUT2D eigenvalue weighted by atomic mass is 16.1. The van der Waals surface area contributed by atoms with Crippen molar-refractivity contribution in [1.82, 2.24) is 10.2 Å². The van der Waals surface area contributed by atoms with E-state index in [1.54, 1.807) is 6.92 Å². The van der Waals surface area contributed by atoms with E-state index >= 15 is 0 Å². The van der Waals surface area contributed by atoms with Crippen LogP contribution in [0.4, 0.5) is 0 Å². The lowest BCUT2D eigenvalue weighted by Crippen LogP contribution is -2.47. The zero-order valence-corrected chi connectivity index (χ0v) is 15.8. The molecule has 1 aromatic rings. The van der Waals surface area contributed by atoms with Gasteiger partial charge in [-0.05, 0) is 69.2 Å². The molecule has 0 aromatic heterocycles. The van der Waals surface area contributed by atoms with Gasteiger partial charge in [-0.15, -0.1) is 0 Å². The number of hydrogen-bond acceptors (Lipinski definition) is 2. The Morgan fingerprint density at radius 1 is 1.20 bits per heavy atom. The van der Waals surface area contributed by atoms with Crippen LogP contribution in [0.15, 0.2) is 24.3 Å². The van der Waals surface area contributed by atoms with Crippen LogP contribution >= 0.6 is 0 Å². The molecule has 136 valence electrons. The Bertz CT molecular complexity index is 627. The molecule has 1 amide bonds. The summed E-state index contributed by atoms with van der Waals surface area (Å²) in [5.74, 6) is 1.00. The van der Waals surface area contributed by atoms with Crippen molar-refractivity contribution < 1.29 is 4.79 Å². The third-order valence-corrected chi connectivity index (χ3v) is 7.29. The molecule has 2 aliphatic carbocycles. The average Bonchev–Trinajstić information content (AvgIpc) is 3.23. The first-order chi connectivity index (χ1) is 12.1. The summed E-state index contributed by atoms with van der Waals surface area (Å²) in [5, 5.41) is 3.20. The fourth-order valence-corrected chi connectivity index (χ4v) is 5.84. The number of hydrogen-bond donors (Lipinski definition) is 1. The number of nitrogens with one attached hydrogen (secondary N) is 1. The minimum atomic E-state index is 0.0872. The Kier molecular flexibility index (Phi) is 4.61. The Balaban J connectivity index is 1.49. The predicted molar refractivity (Wildman–Crippen MR) is 102 cm³/mol. The lowest BCUT2D eigenvalue weighted by molar-refractivity contribution is -0.119. The van der Waals surface area contributed by atoms with E-state index in [0.717, 1.165) is 18.4 Å². The monoisotopic (exact) mass is 340 g/mol. The molecule has 3 nitrogen and oxygen atoms in total. The van der Waals surface area contributed by atoms with Gasteiger partial charge in [0.05, 0.1) is 6.04 Å². The number of likely N-dealkylation sites (tertiary alicyclic amines) is 1. The molecule has 3 heteroatoms. The van der Waals surface area contributed by atoms with Crippen molar-refractivity contribution >= 4 is 5.91 Å². The van der Waals surface area contributed by atoms with Crippen LogP contribution in [0.2, 0.25) is 0 Å². The fraction of sp³-hybridized carbons (Fsp3) is 0.682. The Morgan fingerprint density at radius 3 is 2.56 bits per heavy atom. The van der Waals surface area contributed by atoms with Crippen LogP contribution in [0.3, 0.4) is 0 Å². The van der Waals surface area contributed by atoms with Crippen LogP contribution < -0.4 is 5.32 Å². The van der Waals surface area contributed by atoms with Gasteiger partial charge in [-0.25, -0.2) is 0 Å². The van der Waals surface area contributed by atoms with E-state index in [2.05, 4.69) is 41.4 Å². The van der Waals surface area contributed by atoms with Crippen molar-refractivity contribution in [2.45, 2.75) is 76.3 Å². The molecule has 1 aliphatic heterocycles. The molecule has 1 heterocycles. The zero-order chi connectivity index (χ0) is 17.4. The van der Waals surface area contributed by atoms with Gasteiger partial charge in [-0.2, -0.15) is 0 Å². The summed E-state index contributed by atoms with van der Waals surface area (Å²) in [7, 11) is 0. The molecule has 1 saturated carbocycles. The second-order valence-electron chi connectivity index (χ2n) is 8.65. The number of piperidine rings is 1. The molecule has 1 aromatic carbocycles. The van der Waals surface area contributed by atoms with E-state index in [0.29, 0.717) is 0 Å². The Hall–Kier alpha value is -1.35. The summed E-state index contributed by atoms with van der Waals surface area (Å²) < 4.78 is 0. The van der Waals surface area contributed by atoms with Crippen molar-refractivity contribution in [2.24, 2.45) is 5.92 Å². The first-order valence-electron chi connectivity index (χ1n) is 10.2. The number of amides is 1. The SMILES string of the molecule is CC(=O)N[C@@H]1CC2(CCN([C@H](C)C3CCCC3)CC2)c2ccccc21. The second kappa shape index (κ2) is 6.75. The smallest absolute Gasteiger partial charge is 0.217 e. The number of carbonyl (C=O) groups excluding carboxylic acids is 1. The van der Waals surface area contributed by atoms with Crippen molar-refractivity contribution in [1.29, 1.82) is 0 Å². The summed E-state index contributed by atoms with van der Waals surface area (Å²) in [6.45, 7) is 6.51. The van der Waals surface area contributed by atoms with Gasteiger partial charge in [-0.1, -0.05) is 37.1 Å². The van der Waals surface area contributed by atoms with Crippen LogP contribution in [0.25, 0.3) is 0 Å². The lowest BCUT2D eigenvalue weighted by Gasteiger charge is -2.44. The predicted octanol–water partition coefficient (Wildman–Crippen LogP) is 4.18. The van der Waals surface area contributed by atoms with E-state index in [1.807, 2.05) is 0 Å². The first kappa shape index (κ1) is 17.1. The topological polar surface area (TPSA) is 32.3 Å². The third-order valence-electron chi connectivity index (χ3n) is 7.29. The number of benzene rings is 1. The molecule has 2 atom stereocenters. The van der Waals surface area contributed by atoms with Gasteiger partial charge in [0.2, 0.25) is 5.91 Å². The highest BCUT2D eigenvalue weighted by Crippen LogP contribution is 2.51. The fourth-order valence-electron chi connectivity index (χ4n) is 5.84. The number of rotatable bonds is 3. The van der Waals surface area contributed by atoms with Gasteiger partial charge in [0.15, 0.2) is 0 Å². The number of fused-ring (bicyclic) bond motifs is 2. The van der Waals surface area contributed by atoms with Crippen molar-refractivity contribution in [3.05, 3.63) is 35.4 Å². The number of nitrogens with zero attached hydrogens (tertiary/aromatic N) is 1. The maximum absolute atomic E-state index is 11.6. The van der Waals surface area contributed by atoms with Crippen LogP contribution in [-0.2, 0) is 10.2 Å². The Morgan fingerprint density at radius 2 is 1.88 bits per heavy atom. The van der Waals surface area contributed by atoms with Gasteiger partial charge < -0.3 is 10.2 Å². The largest absolute Gasteiger partial charge is 0.349 e. The molecule has 4 rings (SSSR count). The molecule has 3 aliphatic rings. The lowest BCUT2D eigenvalue weighted by atomic mass is 9.73. The van der Waals surface area contributed by atoms with Crippen LogP contribution in [-0.4, -0.2) is 29.9 Å². The van der Waals surface area contributed by atoms with Crippen molar-refractivity contribution in [2.75, 3.05) is 13.1 Å². The van der Waals surface area contributed by atoms with Crippen LogP contribution in [0, 0.1) is 5.92 Å². The minimum absolute atomic E-state index is 0.0872. The van der Waals surface area contributed by atoms with E-state index in [1.165, 1.54) is 62.7 Å². The summed E-state index contributed by atoms with van der Waals surface area (Å²) in [6.07, 6.45) is 9.26. The normalized spacial score (nSPS) is 27.4. The van der Waals surface area contributed by atoms with Crippen LogP contribution in [0.5, 0.6) is 0 Å². The number of carbonyl (C=O) groups is 1. The molecule has 0 bridgehead atoms. The van der Waals surface area contributed by atoms with E-state index in [9.17, 15) is 4.79 Å². The van der Waals surface area contributed by atoms with Crippen molar-refractivity contribution in [3.8, 4) is 0 Å². The van der Waals surface area contributed by atoms with Gasteiger partial charge in [0.25, 0.3) is 0 Å². The average molecular weight is 341 g/mol. The van der Waals surface area contributed by atoms with Gasteiger partial charge in [0, 0.05) is 18.4 Å². The molecule has 0 unspecified atom stereocenters. The molecule has 25 heavy (non-hydrogen) atoms. The Labute approximate surface area is 152 Å². The van der Waals surface area contributed by atoms with Gasteiger partial charge >= 0.3 is 0 Å². The van der Waals surface area contributed by atoms with Gasteiger partial charge in [0.1, 0.15) is 0 Å². The highest BCUT2D eigenvalue weighted by Gasteiger charge is 2.46. The van der Waals surface area contributed by atoms with E-state index < -0.39 is 0 Å². The quantitative estimate of drug-likeness (QED) is 0.895. The zero-order valence-electron chi connectivity index (χ0n) is 15.8. The summed E-state index contributed by atoms with van der Waals surface area (Å²) in [6, 6.07) is 9.76. The first-order valence-corrected chi connectivity index (χ1v) is 10.2. The highest BCUT2D eigenvalue weighted by molar-refractivity contribution is 5.73. The maximum atomic E-state index is 11.6. The third kappa shape index (κ3) is 3.12. The molecule has 1 N–H and O–H groups in total. The van der Waals surface area contributed by atoms with Gasteiger partial charge in [-0.3, -0.25) is 4.79 Å². The standard InChI is InChI=1S/C22H32N2O/c1-16(18-7-3-4-8-18)24-13-11-22(12-14-24)15-21(23-17(2)25)19-9-5-6-10-20(19)22/h5-6,9-10,16,18,21H,3-4,7-8,11-15H2,1-2H3,(H,23,25)/t16-,21-/m1/s1. The van der Waals surface area contributed by atoms with Crippen molar-refractivity contribution in [3.63, 3.8) is 0 Å². The summed E-state index contributed by atoms with van der Waals surface area (Å²) in [4.78, 5) is 14.4. The summed E-state index contributed by atoms with van der Waals surface area (Å²) in [5.41, 5.74) is 3.13. The van der Waals surface area contributed by atoms with E-state index in [4.69, 9.17) is 0 Å². The molecule has 1 saturated heterocycles. The molecule has 0 radical (unpaired) electrons. The maximum Gasteiger partial charge on any atom is 0.217 e. The molecular formula is C22H32N2O. The molecule has 2 fully saturated rings.